The quantitative estimate of drug-likeness (QED) is 0.766. The maximum absolute atomic E-state index is 10.2. The Morgan fingerprint density at radius 3 is 2.47 bits per heavy atom. The molecule has 2 rings (SSSR count). The molecule has 0 amide bonds. The summed E-state index contributed by atoms with van der Waals surface area (Å²) in [5, 5.41) is 19.5. The number of aliphatic hydroxyl groups is 2. The van der Waals surface area contributed by atoms with Gasteiger partial charge in [0.25, 0.3) is 0 Å². The molecule has 5 atom stereocenters. The van der Waals surface area contributed by atoms with E-state index >= 15 is 0 Å². The van der Waals surface area contributed by atoms with E-state index in [2.05, 4.69) is 0 Å². The van der Waals surface area contributed by atoms with E-state index < -0.39 is 30.2 Å². The van der Waals surface area contributed by atoms with E-state index in [1.54, 1.807) is 13.8 Å². The van der Waals surface area contributed by atoms with Gasteiger partial charge in [-0.3, -0.25) is 0 Å². The van der Waals surface area contributed by atoms with Gasteiger partial charge < -0.3 is 24.4 Å². The number of ether oxygens (including phenoxy) is 3. The summed E-state index contributed by atoms with van der Waals surface area (Å²) < 4.78 is 17.0. The van der Waals surface area contributed by atoms with Crippen molar-refractivity contribution in [3.8, 4) is 0 Å². The van der Waals surface area contributed by atoms with E-state index in [9.17, 15) is 10.2 Å². The number of hydrogen-bond donors (Lipinski definition) is 2. The van der Waals surface area contributed by atoms with Crippen molar-refractivity contribution in [2.75, 3.05) is 12.4 Å². The Morgan fingerprint density at radius 2 is 1.88 bits per heavy atom. The summed E-state index contributed by atoms with van der Waals surface area (Å²) in [6.45, 7) is 5.47. The second-order valence-electron chi connectivity index (χ2n) is 4.74. The number of rotatable bonds is 3. The fourth-order valence-electron chi connectivity index (χ4n) is 2.30. The highest BCUT2D eigenvalue weighted by Gasteiger charge is 2.54. The molecule has 5 unspecified atom stereocenters. The Morgan fingerprint density at radius 1 is 1.24 bits per heavy atom. The summed E-state index contributed by atoms with van der Waals surface area (Å²) in [4.78, 5) is 0. The lowest BCUT2D eigenvalue weighted by molar-refractivity contribution is -0.168. The van der Waals surface area contributed by atoms with Crippen molar-refractivity contribution in [1.29, 1.82) is 0 Å². The number of fused-ring (bicyclic) bond motifs is 1. The van der Waals surface area contributed by atoms with E-state index in [-0.39, 0.29) is 12.0 Å². The van der Waals surface area contributed by atoms with Gasteiger partial charge in [0.1, 0.15) is 29.9 Å². The highest BCUT2D eigenvalue weighted by molar-refractivity contribution is 7.99. The van der Waals surface area contributed by atoms with E-state index in [0.29, 0.717) is 0 Å². The number of thioether (sulfide) groups is 1. The van der Waals surface area contributed by atoms with Crippen molar-refractivity contribution in [2.24, 2.45) is 0 Å². The van der Waals surface area contributed by atoms with Gasteiger partial charge in [-0.1, -0.05) is 6.92 Å². The molecule has 0 aromatic rings. The van der Waals surface area contributed by atoms with Crippen LogP contribution < -0.4 is 0 Å². The predicted octanol–water partition coefficient (Wildman–Crippen LogP) is 0.338. The summed E-state index contributed by atoms with van der Waals surface area (Å²) in [5.41, 5.74) is -0.365. The first-order valence-electron chi connectivity index (χ1n) is 5.90. The van der Waals surface area contributed by atoms with Crippen LogP contribution in [-0.4, -0.2) is 58.2 Å². The molecule has 2 N–H and O–H groups in total. The van der Waals surface area contributed by atoms with Gasteiger partial charge in [-0.05, 0) is 19.6 Å². The summed E-state index contributed by atoms with van der Waals surface area (Å²) in [7, 11) is 0. The zero-order chi connectivity index (χ0) is 12.6. The summed E-state index contributed by atoms with van der Waals surface area (Å²) in [5.74, 6) is 0.0976. The van der Waals surface area contributed by atoms with Crippen LogP contribution in [0.5, 0.6) is 0 Å². The summed E-state index contributed by atoms with van der Waals surface area (Å²) in [6, 6.07) is 0. The molecule has 2 aliphatic heterocycles. The van der Waals surface area contributed by atoms with Crippen LogP contribution in [0.1, 0.15) is 20.8 Å². The summed E-state index contributed by atoms with van der Waals surface area (Å²) >= 11 is 1.51. The maximum Gasteiger partial charge on any atom is 0.164 e. The largest absolute Gasteiger partial charge is 0.394 e. The zero-order valence-electron chi connectivity index (χ0n) is 10.3. The van der Waals surface area contributed by atoms with Crippen LogP contribution in [0.25, 0.3) is 0 Å². The third kappa shape index (κ3) is 2.62. The molecule has 2 heterocycles. The lowest BCUT2D eigenvalue weighted by Crippen LogP contribution is -2.56. The van der Waals surface area contributed by atoms with Gasteiger partial charge in [0, 0.05) is 0 Å². The average Bonchev–Trinajstić information content (AvgIpc) is 2.59. The van der Waals surface area contributed by atoms with Crippen LogP contribution >= 0.6 is 11.8 Å². The second kappa shape index (κ2) is 5.03. The molecule has 5 nitrogen and oxygen atoms in total. The molecule has 0 aromatic carbocycles. The normalized spacial score (nSPS) is 44.6. The minimum absolute atomic E-state index is 0.131. The molecule has 2 aliphatic rings. The molecule has 2 saturated heterocycles. The topological polar surface area (TPSA) is 68.2 Å². The fraction of sp³-hybridized carbons (Fsp3) is 1.00. The Bertz CT molecular complexity index is 273. The second-order valence-corrected chi connectivity index (χ2v) is 6.11. The van der Waals surface area contributed by atoms with Gasteiger partial charge in [0.05, 0.1) is 6.61 Å². The van der Waals surface area contributed by atoms with Crippen molar-refractivity contribution in [3.63, 3.8) is 0 Å². The lowest BCUT2D eigenvalue weighted by atomic mass is 10.0. The van der Waals surface area contributed by atoms with Crippen LogP contribution in [0.15, 0.2) is 0 Å². The highest BCUT2D eigenvalue weighted by atomic mass is 32.2. The third-order valence-electron chi connectivity index (χ3n) is 2.97. The first-order valence-corrected chi connectivity index (χ1v) is 6.95. The van der Waals surface area contributed by atoms with Crippen molar-refractivity contribution in [2.45, 2.75) is 56.4 Å². The lowest BCUT2D eigenvalue weighted by Gasteiger charge is -2.39. The number of aliphatic hydroxyl groups excluding tert-OH is 2. The van der Waals surface area contributed by atoms with Crippen LogP contribution in [-0.2, 0) is 14.2 Å². The van der Waals surface area contributed by atoms with E-state index in [0.717, 1.165) is 5.75 Å². The molecule has 17 heavy (non-hydrogen) atoms. The molecule has 2 fully saturated rings. The minimum atomic E-state index is -0.737. The molecule has 6 heteroatoms. The summed E-state index contributed by atoms with van der Waals surface area (Å²) in [6.07, 6.45) is -2.00. The van der Waals surface area contributed by atoms with Crippen molar-refractivity contribution in [3.05, 3.63) is 0 Å². The molecular weight excluding hydrogens is 244 g/mol. The standard InChI is InChI=1S/C11H20O5S/c1-4-17-10-7(13)9-8(6(5-12)14-10)15-11(2,3)16-9/h6-10,12-13H,4-5H2,1-3H3. The minimum Gasteiger partial charge on any atom is -0.394 e. The van der Waals surface area contributed by atoms with Gasteiger partial charge in [-0.2, -0.15) is 0 Å². The van der Waals surface area contributed by atoms with E-state index in [1.165, 1.54) is 11.8 Å². The van der Waals surface area contributed by atoms with Gasteiger partial charge in [-0.15, -0.1) is 11.8 Å². The Balaban J connectivity index is 2.14. The molecule has 0 aliphatic carbocycles. The molecule has 0 radical (unpaired) electrons. The predicted molar refractivity (Wildman–Crippen MR) is 63.7 cm³/mol. The van der Waals surface area contributed by atoms with Crippen LogP contribution in [0.4, 0.5) is 0 Å². The monoisotopic (exact) mass is 264 g/mol. The van der Waals surface area contributed by atoms with Gasteiger partial charge in [-0.25, -0.2) is 0 Å². The fourth-order valence-corrected chi connectivity index (χ4v) is 3.20. The van der Waals surface area contributed by atoms with Crippen LogP contribution in [0.2, 0.25) is 0 Å². The Labute approximate surface area is 105 Å². The molecule has 0 bridgehead atoms. The average molecular weight is 264 g/mol. The van der Waals surface area contributed by atoms with Gasteiger partial charge in [0.15, 0.2) is 5.79 Å². The third-order valence-corrected chi connectivity index (χ3v) is 4.02. The molecule has 0 aromatic heterocycles. The van der Waals surface area contributed by atoms with E-state index in [4.69, 9.17) is 14.2 Å². The van der Waals surface area contributed by atoms with Crippen molar-refractivity contribution in [1.82, 2.24) is 0 Å². The molecular formula is C11H20O5S. The van der Waals surface area contributed by atoms with Crippen LogP contribution in [0.3, 0.4) is 0 Å². The first-order chi connectivity index (χ1) is 7.98. The first kappa shape index (κ1) is 13.6. The number of hydrogen-bond acceptors (Lipinski definition) is 6. The zero-order valence-corrected chi connectivity index (χ0v) is 11.1. The molecule has 100 valence electrons. The molecule has 0 saturated carbocycles. The SMILES string of the molecule is CCSC1OC(CO)C2OC(C)(C)OC2C1O. The van der Waals surface area contributed by atoms with Crippen molar-refractivity contribution >= 4 is 11.8 Å². The Kier molecular flexibility index (Phi) is 4.02. The smallest absolute Gasteiger partial charge is 0.164 e. The van der Waals surface area contributed by atoms with E-state index in [1.807, 2.05) is 6.92 Å². The van der Waals surface area contributed by atoms with Gasteiger partial charge >= 0.3 is 0 Å². The maximum atomic E-state index is 10.2. The highest BCUT2D eigenvalue weighted by Crippen LogP contribution is 2.39. The van der Waals surface area contributed by atoms with Crippen LogP contribution in [0, 0.1) is 0 Å². The Hall–Kier alpha value is 0.150. The van der Waals surface area contributed by atoms with Crippen molar-refractivity contribution < 1.29 is 24.4 Å². The van der Waals surface area contributed by atoms with Gasteiger partial charge in [0.2, 0.25) is 0 Å². The molecule has 0 spiro atoms.